The van der Waals surface area contributed by atoms with E-state index in [1.54, 1.807) is 0 Å². The molecule has 0 radical (unpaired) electrons. The van der Waals surface area contributed by atoms with Crippen LogP contribution in [-0.2, 0) is 12.7 Å². The summed E-state index contributed by atoms with van der Waals surface area (Å²) >= 11 is 0. The van der Waals surface area contributed by atoms with Crippen LogP contribution in [0.25, 0.3) is 0 Å². The summed E-state index contributed by atoms with van der Waals surface area (Å²) in [5.74, 6) is -1.26. The quantitative estimate of drug-likeness (QED) is 0.752. The van der Waals surface area contributed by atoms with Gasteiger partial charge in [-0.3, -0.25) is 0 Å². The summed E-state index contributed by atoms with van der Waals surface area (Å²) in [5, 5.41) is 11.9. The molecule has 0 bridgehead atoms. The van der Waals surface area contributed by atoms with E-state index in [4.69, 9.17) is 5.11 Å². The van der Waals surface area contributed by atoms with Crippen LogP contribution in [0.3, 0.4) is 0 Å². The highest BCUT2D eigenvalue weighted by atomic mass is 19.4. The summed E-state index contributed by atoms with van der Waals surface area (Å²) < 4.78 is 50.9. The van der Waals surface area contributed by atoms with Crippen LogP contribution >= 0.6 is 0 Å². The summed E-state index contributed by atoms with van der Waals surface area (Å²) in [7, 11) is 0. The summed E-state index contributed by atoms with van der Waals surface area (Å²) in [6.07, 6.45) is -3.18. The maximum absolute atomic E-state index is 13.2. The molecule has 1 rings (SSSR count). The highest BCUT2D eigenvalue weighted by Crippen LogP contribution is 2.32. The second kappa shape index (κ2) is 7.22. The first-order valence-corrected chi connectivity index (χ1v) is 6.83. The van der Waals surface area contributed by atoms with E-state index < -0.39 is 17.6 Å². The largest absolute Gasteiger partial charge is 0.419 e. The molecule has 6 heteroatoms. The number of hydrogen-bond acceptors (Lipinski definition) is 2. The first-order chi connectivity index (χ1) is 9.65. The molecule has 0 aliphatic carbocycles. The van der Waals surface area contributed by atoms with Crippen LogP contribution in [0.15, 0.2) is 18.2 Å². The van der Waals surface area contributed by atoms with Crippen molar-refractivity contribution in [2.24, 2.45) is 5.41 Å². The lowest BCUT2D eigenvalue weighted by Gasteiger charge is -2.24. The Bertz CT molecular complexity index is 457. The average molecular weight is 307 g/mol. The van der Waals surface area contributed by atoms with Gasteiger partial charge in [-0.05, 0) is 36.0 Å². The molecule has 0 fully saturated rings. The van der Waals surface area contributed by atoms with Gasteiger partial charge in [-0.2, -0.15) is 13.2 Å². The Kier molecular flexibility index (Phi) is 6.16. The number of aliphatic hydroxyl groups excluding tert-OH is 1. The van der Waals surface area contributed by atoms with Gasteiger partial charge in [0.25, 0.3) is 0 Å². The van der Waals surface area contributed by atoms with E-state index in [-0.39, 0.29) is 18.6 Å². The summed E-state index contributed by atoms with van der Waals surface area (Å²) in [5.41, 5.74) is -0.904. The maximum atomic E-state index is 13.2. The van der Waals surface area contributed by atoms with Gasteiger partial charge >= 0.3 is 6.18 Å². The maximum Gasteiger partial charge on any atom is 0.419 e. The normalized spacial score (nSPS) is 12.7. The summed E-state index contributed by atoms with van der Waals surface area (Å²) in [6.45, 7) is 5.00. The number of nitrogens with one attached hydrogen (secondary N) is 1. The Morgan fingerprint density at radius 2 is 1.86 bits per heavy atom. The predicted molar refractivity (Wildman–Crippen MR) is 73.2 cm³/mol. The lowest BCUT2D eigenvalue weighted by Crippen LogP contribution is -2.29. The molecule has 0 saturated carbocycles. The second-order valence-electron chi connectivity index (χ2n) is 5.91. The van der Waals surface area contributed by atoms with Crippen LogP contribution < -0.4 is 5.32 Å². The van der Waals surface area contributed by atoms with Crippen molar-refractivity contribution in [1.82, 2.24) is 5.32 Å². The number of hydrogen-bond donors (Lipinski definition) is 2. The molecule has 120 valence electrons. The Morgan fingerprint density at radius 3 is 2.43 bits per heavy atom. The lowest BCUT2D eigenvalue weighted by atomic mass is 9.88. The summed E-state index contributed by atoms with van der Waals surface area (Å²) in [4.78, 5) is 0. The van der Waals surface area contributed by atoms with Crippen molar-refractivity contribution in [3.63, 3.8) is 0 Å². The first-order valence-electron chi connectivity index (χ1n) is 6.83. The molecule has 0 unspecified atom stereocenters. The molecule has 0 aromatic heterocycles. The van der Waals surface area contributed by atoms with Crippen LogP contribution in [0.1, 0.15) is 37.8 Å². The number of halogens is 4. The van der Waals surface area contributed by atoms with Crippen molar-refractivity contribution in [3.8, 4) is 0 Å². The van der Waals surface area contributed by atoms with Crippen molar-refractivity contribution in [1.29, 1.82) is 0 Å². The molecule has 0 aliphatic heterocycles. The van der Waals surface area contributed by atoms with Crippen molar-refractivity contribution < 1.29 is 22.7 Å². The van der Waals surface area contributed by atoms with Gasteiger partial charge in [0.2, 0.25) is 0 Å². The number of benzene rings is 1. The van der Waals surface area contributed by atoms with Crippen LogP contribution in [0, 0.1) is 11.2 Å². The SMILES string of the molecule is CC(C)(CCCO)CNCc1ccc(F)c(C(F)(F)F)c1. The van der Waals surface area contributed by atoms with E-state index in [9.17, 15) is 17.6 Å². The van der Waals surface area contributed by atoms with E-state index in [0.29, 0.717) is 18.5 Å². The van der Waals surface area contributed by atoms with E-state index in [0.717, 1.165) is 18.6 Å². The molecule has 2 nitrogen and oxygen atoms in total. The average Bonchev–Trinajstić information content (AvgIpc) is 2.37. The minimum absolute atomic E-state index is 0.0599. The minimum atomic E-state index is -4.68. The van der Waals surface area contributed by atoms with E-state index in [1.165, 1.54) is 6.07 Å². The van der Waals surface area contributed by atoms with Crippen molar-refractivity contribution in [2.45, 2.75) is 39.4 Å². The zero-order valence-electron chi connectivity index (χ0n) is 12.2. The van der Waals surface area contributed by atoms with Gasteiger partial charge in [-0.15, -0.1) is 0 Å². The molecule has 21 heavy (non-hydrogen) atoms. The van der Waals surface area contributed by atoms with Gasteiger partial charge in [0.05, 0.1) is 5.56 Å². The zero-order valence-corrected chi connectivity index (χ0v) is 12.2. The molecule has 0 heterocycles. The van der Waals surface area contributed by atoms with Gasteiger partial charge in [-0.25, -0.2) is 4.39 Å². The minimum Gasteiger partial charge on any atom is -0.396 e. The highest BCUT2D eigenvalue weighted by molar-refractivity contribution is 5.27. The predicted octanol–water partition coefficient (Wildman–Crippen LogP) is 3.73. The van der Waals surface area contributed by atoms with Crippen molar-refractivity contribution in [2.75, 3.05) is 13.2 Å². The third-order valence-corrected chi connectivity index (χ3v) is 3.28. The Morgan fingerprint density at radius 1 is 1.19 bits per heavy atom. The van der Waals surface area contributed by atoms with Gasteiger partial charge in [0, 0.05) is 19.7 Å². The van der Waals surface area contributed by atoms with Crippen LogP contribution in [0.2, 0.25) is 0 Å². The zero-order chi connectivity index (χ0) is 16.1. The number of alkyl halides is 3. The molecule has 0 atom stereocenters. The molecular formula is C15H21F4NO. The highest BCUT2D eigenvalue weighted by Gasteiger charge is 2.34. The van der Waals surface area contributed by atoms with Gasteiger partial charge in [0.1, 0.15) is 5.82 Å². The van der Waals surface area contributed by atoms with Crippen LogP contribution in [0.4, 0.5) is 17.6 Å². The standard InChI is InChI=1S/C15H21F4NO/c1-14(2,6-3-7-21)10-20-9-11-4-5-13(16)12(8-11)15(17,18)19/h4-5,8,20-21H,3,6-7,9-10H2,1-2H3. The van der Waals surface area contributed by atoms with Crippen LogP contribution in [0.5, 0.6) is 0 Å². The van der Waals surface area contributed by atoms with Crippen molar-refractivity contribution in [3.05, 3.63) is 35.1 Å². The van der Waals surface area contributed by atoms with Gasteiger partial charge in [0.15, 0.2) is 0 Å². The number of rotatable bonds is 7. The molecule has 0 spiro atoms. The molecule has 0 saturated heterocycles. The second-order valence-corrected chi connectivity index (χ2v) is 5.91. The first kappa shape index (κ1) is 17.9. The fraction of sp³-hybridized carbons (Fsp3) is 0.600. The lowest BCUT2D eigenvalue weighted by molar-refractivity contribution is -0.140. The fourth-order valence-corrected chi connectivity index (χ4v) is 2.09. The van der Waals surface area contributed by atoms with Gasteiger partial charge in [-0.1, -0.05) is 19.9 Å². The third-order valence-electron chi connectivity index (χ3n) is 3.28. The molecule has 0 amide bonds. The topological polar surface area (TPSA) is 32.3 Å². The molecule has 1 aromatic rings. The Balaban J connectivity index is 2.61. The monoisotopic (exact) mass is 307 g/mol. The Labute approximate surface area is 122 Å². The molecule has 2 N–H and O–H groups in total. The van der Waals surface area contributed by atoms with E-state index in [1.807, 2.05) is 13.8 Å². The van der Waals surface area contributed by atoms with E-state index in [2.05, 4.69) is 5.32 Å². The smallest absolute Gasteiger partial charge is 0.396 e. The molecule has 0 aliphatic rings. The van der Waals surface area contributed by atoms with Crippen molar-refractivity contribution >= 4 is 0 Å². The van der Waals surface area contributed by atoms with Crippen LogP contribution in [-0.4, -0.2) is 18.3 Å². The summed E-state index contributed by atoms with van der Waals surface area (Å²) in [6, 6.07) is 3.03. The third kappa shape index (κ3) is 6.01. The number of aliphatic hydroxyl groups is 1. The van der Waals surface area contributed by atoms with Gasteiger partial charge < -0.3 is 10.4 Å². The molecular weight excluding hydrogens is 286 g/mol. The molecule has 1 aromatic carbocycles. The fourth-order valence-electron chi connectivity index (χ4n) is 2.09. The van der Waals surface area contributed by atoms with E-state index >= 15 is 0 Å². The Hall–Kier alpha value is -1.14.